The van der Waals surface area contributed by atoms with Crippen molar-refractivity contribution in [1.82, 2.24) is 15.5 Å². The number of guanidine groups is 1. The van der Waals surface area contributed by atoms with E-state index in [1.807, 2.05) is 0 Å². The van der Waals surface area contributed by atoms with Gasteiger partial charge in [-0.1, -0.05) is 19.9 Å². The molecule has 0 aliphatic heterocycles. The molecule has 0 heterocycles. The van der Waals surface area contributed by atoms with Gasteiger partial charge in [0.25, 0.3) is 0 Å². The fourth-order valence-electron chi connectivity index (χ4n) is 3.25. The molecule has 0 radical (unpaired) electrons. The summed E-state index contributed by atoms with van der Waals surface area (Å²) in [6.45, 7) is 8.85. The number of amides is 1. The van der Waals surface area contributed by atoms with Crippen LogP contribution in [0.1, 0.15) is 33.1 Å². The molecule has 1 rings (SSSR count). The highest BCUT2D eigenvalue weighted by Crippen LogP contribution is 2.48. The number of likely N-dealkylation sites (N-methyl/N-ethyl adjacent to an activating group) is 1. The largest absolute Gasteiger partial charge is 0.381 e. The highest BCUT2D eigenvalue weighted by atomic mass is 127. The number of halogens is 1. The first-order valence-corrected chi connectivity index (χ1v) is 8.33. The molecule has 0 aromatic carbocycles. The predicted molar refractivity (Wildman–Crippen MR) is 110 cm³/mol. The van der Waals surface area contributed by atoms with Gasteiger partial charge in [0.2, 0.25) is 5.91 Å². The van der Waals surface area contributed by atoms with Crippen molar-refractivity contribution in [3.8, 4) is 0 Å². The quantitative estimate of drug-likeness (QED) is 0.256. The maximum absolute atomic E-state index is 11.8. The number of nitrogens with one attached hydrogen (secondary N) is 2. The Morgan fingerprint density at radius 2 is 2.04 bits per heavy atom. The Balaban J connectivity index is 0.00000529. The van der Waals surface area contributed by atoms with E-state index in [1.54, 1.807) is 32.2 Å². The molecule has 2 N–H and O–H groups in total. The van der Waals surface area contributed by atoms with Gasteiger partial charge in [-0.05, 0) is 19.3 Å². The number of nitrogens with zero attached hydrogens (tertiary/aromatic N) is 2. The lowest BCUT2D eigenvalue weighted by atomic mass is 9.58. The molecule has 1 fully saturated rings. The summed E-state index contributed by atoms with van der Waals surface area (Å²) in [6, 6.07) is 0.299. The molecule has 24 heavy (non-hydrogen) atoms. The lowest BCUT2D eigenvalue weighted by Gasteiger charge is -2.55. The van der Waals surface area contributed by atoms with Crippen LogP contribution in [0.4, 0.5) is 0 Å². The monoisotopic (exact) mass is 452 g/mol. The van der Waals surface area contributed by atoms with Gasteiger partial charge in [0.1, 0.15) is 6.54 Å². The van der Waals surface area contributed by atoms with Crippen LogP contribution >= 0.6 is 24.0 Å². The second-order valence-corrected chi connectivity index (χ2v) is 6.22. The average molecular weight is 452 g/mol. The molecular weight excluding hydrogens is 419 g/mol. The first-order valence-electron chi connectivity index (χ1n) is 8.33. The van der Waals surface area contributed by atoms with Gasteiger partial charge >= 0.3 is 0 Å². The maximum Gasteiger partial charge on any atom is 0.243 e. The summed E-state index contributed by atoms with van der Waals surface area (Å²) >= 11 is 0. The van der Waals surface area contributed by atoms with E-state index in [1.165, 1.54) is 0 Å². The third kappa shape index (κ3) is 5.34. The summed E-state index contributed by atoms with van der Waals surface area (Å²) in [7, 11) is 5.24. The number of carbonyl (C=O) groups is 1. The van der Waals surface area contributed by atoms with Gasteiger partial charge in [-0.3, -0.25) is 4.79 Å². The molecule has 7 heteroatoms. The zero-order chi connectivity index (χ0) is 17.5. The highest BCUT2D eigenvalue weighted by molar-refractivity contribution is 14.0. The fourth-order valence-corrected chi connectivity index (χ4v) is 3.25. The maximum atomic E-state index is 11.8. The zero-order valence-corrected chi connectivity index (χ0v) is 17.9. The van der Waals surface area contributed by atoms with E-state index < -0.39 is 0 Å². The van der Waals surface area contributed by atoms with Crippen LogP contribution in [0.2, 0.25) is 0 Å². The highest BCUT2D eigenvalue weighted by Gasteiger charge is 2.53. The van der Waals surface area contributed by atoms with Gasteiger partial charge in [0.05, 0.1) is 6.10 Å². The minimum atomic E-state index is -0.0228. The van der Waals surface area contributed by atoms with Crippen molar-refractivity contribution in [1.29, 1.82) is 0 Å². The Morgan fingerprint density at radius 1 is 1.42 bits per heavy atom. The van der Waals surface area contributed by atoms with Crippen molar-refractivity contribution in [2.24, 2.45) is 10.4 Å². The summed E-state index contributed by atoms with van der Waals surface area (Å²) in [6.07, 6.45) is 5.10. The molecule has 1 aliphatic rings. The van der Waals surface area contributed by atoms with Crippen LogP contribution in [0.25, 0.3) is 0 Å². The first kappa shape index (κ1) is 23.2. The third-order valence-corrected chi connectivity index (χ3v) is 4.98. The minimum Gasteiger partial charge on any atom is -0.381 e. The van der Waals surface area contributed by atoms with E-state index in [-0.39, 0.29) is 47.9 Å². The lowest BCUT2D eigenvalue weighted by molar-refractivity contribution is -0.127. The molecule has 2 atom stereocenters. The van der Waals surface area contributed by atoms with E-state index in [0.29, 0.717) is 18.5 Å². The third-order valence-electron chi connectivity index (χ3n) is 4.98. The smallest absolute Gasteiger partial charge is 0.243 e. The Morgan fingerprint density at radius 3 is 2.50 bits per heavy atom. The summed E-state index contributed by atoms with van der Waals surface area (Å²) in [5.41, 5.74) is 0.122. The van der Waals surface area contributed by atoms with Crippen LogP contribution in [0.5, 0.6) is 0 Å². The Bertz CT molecular complexity index is 436. The number of aliphatic imine (C=N–C) groups is 1. The second kappa shape index (κ2) is 10.9. The normalized spacial score (nSPS) is 22.0. The molecular formula is C17H33IN4O2. The lowest BCUT2D eigenvalue weighted by Crippen LogP contribution is -2.65. The van der Waals surface area contributed by atoms with Crippen LogP contribution in [0.15, 0.2) is 17.6 Å². The van der Waals surface area contributed by atoms with Gasteiger partial charge in [-0.25, -0.2) is 4.99 Å². The molecule has 0 spiro atoms. The van der Waals surface area contributed by atoms with Gasteiger partial charge in [0, 0.05) is 39.2 Å². The standard InChI is InChI=1S/C17H32N4O2.HI/c1-7-10-18-16(19-12-15(22)21(4)5)20-13-11-14(23-6)17(13,8-2)9-3;/h7,13-14H,1,8-12H2,2-6H3,(H2,18,19,20);1H. The number of hydrogen-bond acceptors (Lipinski definition) is 3. The van der Waals surface area contributed by atoms with Crippen LogP contribution in [0, 0.1) is 5.41 Å². The van der Waals surface area contributed by atoms with Crippen molar-refractivity contribution in [2.45, 2.75) is 45.3 Å². The van der Waals surface area contributed by atoms with Gasteiger partial charge in [-0.15, -0.1) is 30.6 Å². The molecule has 0 aromatic heterocycles. The number of methoxy groups -OCH3 is 1. The van der Waals surface area contributed by atoms with E-state index in [4.69, 9.17) is 4.74 Å². The Labute approximate surface area is 163 Å². The Kier molecular flexibility index (Phi) is 10.5. The molecule has 0 bridgehead atoms. The summed E-state index contributed by atoms with van der Waals surface area (Å²) in [5.74, 6) is 0.635. The Hall–Kier alpha value is -0.830. The SMILES string of the molecule is C=CCNC(=NCC(=O)N(C)C)NC1CC(OC)C1(CC)CC.I. The number of carbonyl (C=O) groups excluding carboxylic acids is 1. The average Bonchev–Trinajstić information content (AvgIpc) is 2.53. The van der Waals surface area contributed by atoms with Gasteiger partial charge < -0.3 is 20.3 Å². The molecule has 0 saturated heterocycles. The van der Waals surface area contributed by atoms with Crippen LogP contribution in [-0.2, 0) is 9.53 Å². The molecule has 1 amide bonds. The van der Waals surface area contributed by atoms with E-state index in [0.717, 1.165) is 19.3 Å². The number of ether oxygens (including phenoxy) is 1. The van der Waals surface area contributed by atoms with Crippen molar-refractivity contribution >= 4 is 35.8 Å². The van der Waals surface area contributed by atoms with Gasteiger partial charge in [-0.2, -0.15) is 0 Å². The van der Waals surface area contributed by atoms with Crippen molar-refractivity contribution in [3.63, 3.8) is 0 Å². The molecule has 1 aliphatic carbocycles. The second-order valence-electron chi connectivity index (χ2n) is 6.22. The summed E-state index contributed by atoms with van der Waals surface area (Å²) in [4.78, 5) is 17.7. The topological polar surface area (TPSA) is 66.0 Å². The van der Waals surface area contributed by atoms with Crippen molar-refractivity contribution in [3.05, 3.63) is 12.7 Å². The van der Waals surface area contributed by atoms with Crippen molar-refractivity contribution < 1.29 is 9.53 Å². The molecule has 6 nitrogen and oxygen atoms in total. The predicted octanol–water partition coefficient (Wildman–Crippen LogP) is 2.01. The van der Waals surface area contributed by atoms with Crippen molar-refractivity contribution in [2.75, 3.05) is 34.3 Å². The molecule has 140 valence electrons. The summed E-state index contributed by atoms with van der Waals surface area (Å²) in [5, 5.41) is 6.67. The zero-order valence-electron chi connectivity index (χ0n) is 15.6. The van der Waals surface area contributed by atoms with Crippen LogP contribution in [0.3, 0.4) is 0 Å². The first-order chi connectivity index (χ1) is 10.9. The number of rotatable bonds is 8. The van der Waals surface area contributed by atoms with Crippen LogP contribution < -0.4 is 10.6 Å². The molecule has 1 saturated carbocycles. The molecule has 0 aromatic rings. The fraction of sp³-hybridized carbons (Fsp3) is 0.765. The molecule has 2 unspecified atom stereocenters. The van der Waals surface area contributed by atoms with Gasteiger partial charge in [0.15, 0.2) is 5.96 Å². The van der Waals surface area contributed by atoms with Crippen LogP contribution in [-0.4, -0.2) is 63.2 Å². The number of hydrogen-bond donors (Lipinski definition) is 2. The minimum absolute atomic E-state index is 0. The summed E-state index contributed by atoms with van der Waals surface area (Å²) < 4.78 is 5.63. The van der Waals surface area contributed by atoms with E-state index in [9.17, 15) is 4.79 Å². The van der Waals surface area contributed by atoms with E-state index >= 15 is 0 Å². The van der Waals surface area contributed by atoms with E-state index in [2.05, 4.69) is 36.1 Å².